The molecule has 0 aromatic carbocycles. The topological polar surface area (TPSA) is 113 Å². The van der Waals surface area contributed by atoms with Crippen LogP contribution in [0.4, 0.5) is 0 Å². The van der Waals surface area contributed by atoms with E-state index in [4.69, 9.17) is 5.11 Å². The fraction of sp³-hybridized carbons (Fsp3) is 0.846. The number of carboxylic acid groups (broad SMARTS) is 1. The molecule has 21 heavy (non-hydrogen) atoms. The number of hydrogen-bond acceptors (Lipinski definition) is 4. The van der Waals surface area contributed by atoms with Gasteiger partial charge in [0.1, 0.15) is 0 Å². The predicted octanol–water partition coefficient (Wildman–Crippen LogP) is 0.464. The number of carbonyl (C=O) groups excluding carboxylic acids is 1. The Morgan fingerprint density at radius 2 is 1.81 bits per heavy atom. The van der Waals surface area contributed by atoms with Crippen LogP contribution in [0.25, 0.3) is 0 Å². The highest BCUT2D eigenvalue weighted by Gasteiger charge is 2.28. The minimum Gasteiger partial charge on any atom is -0.481 e. The summed E-state index contributed by atoms with van der Waals surface area (Å²) in [6, 6.07) is -0.898. The van der Waals surface area contributed by atoms with Crippen LogP contribution in [0.15, 0.2) is 0 Å². The van der Waals surface area contributed by atoms with Crippen molar-refractivity contribution in [2.24, 2.45) is 5.92 Å². The number of rotatable bonds is 7. The van der Waals surface area contributed by atoms with Gasteiger partial charge in [-0.2, -0.15) is 0 Å². The lowest BCUT2D eigenvalue weighted by molar-refractivity contribution is -0.142. The summed E-state index contributed by atoms with van der Waals surface area (Å²) >= 11 is 0. The third-order valence-electron chi connectivity index (χ3n) is 3.65. The Bertz CT molecular complexity index is 469. The maximum absolute atomic E-state index is 12.0. The lowest BCUT2D eigenvalue weighted by atomic mass is 9.86. The van der Waals surface area contributed by atoms with Crippen molar-refractivity contribution in [3.63, 3.8) is 0 Å². The van der Waals surface area contributed by atoms with Gasteiger partial charge >= 0.3 is 5.97 Å². The van der Waals surface area contributed by atoms with Crippen molar-refractivity contribution in [3.05, 3.63) is 0 Å². The Hall–Kier alpha value is -1.15. The number of carboxylic acids is 1. The standard InChI is InChI=1S/C13H24N2O5S/c1-3-8-21(19,20)15-9(2)12(16)14-11-6-4-10(5-7-11)13(17)18/h9-11,15H,3-8H2,1-2H3,(H,14,16)(H,17,18). The number of nitrogens with one attached hydrogen (secondary N) is 2. The Morgan fingerprint density at radius 1 is 1.24 bits per heavy atom. The molecule has 0 spiro atoms. The average molecular weight is 320 g/mol. The molecule has 122 valence electrons. The molecule has 0 radical (unpaired) electrons. The van der Waals surface area contributed by atoms with Gasteiger partial charge in [0.2, 0.25) is 15.9 Å². The summed E-state index contributed by atoms with van der Waals surface area (Å²) in [6.45, 7) is 3.26. The van der Waals surface area contributed by atoms with Crippen molar-refractivity contribution in [2.45, 2.75) is 58.0 Å². The Kier molecular flexibility index (Phi) is 6.60. The van der Waals surface area contributed by atoms with Gasteiger partial charge in [-0.15, -0.1) is 0 Å². The van der Waals surface area contributed by atoms with Gasteiger partial charge in [0.15, 0.2) is 0 Å². The molecule has 1 amide bonds. The minimum atomic E-state index is -3.43. The van der Waals surface area contributed by atoms with Gasteiger partial charge in [-0.25, -0.2) is 13.1 Å². The van der Waals surface area contributed by atoms with Crippen molar-refractivity contribution in [1.82, 2.24) is 10.0 Å². The molecule has 3 N–H and O–H groups in total. The number of aliphatic carboxylic acids is 1. The van der Waals surface area contributed by atoms with Gasteiger partial charge in [0, 0.05) is 6.04 Å². The molecule has 0 aliphatic heterocycles. The van der Waals surface area contributed by atoms with Gasteiger partial charge in [0.25, 0.3) is 0 Å². The van der Waals surface area contributed by atoms with Crippen LogP contribution in [0, 0.1) is 5.92 Å². The summed E-state index contributed by atoms with van der Waals surface area (Å²) in [5.74, 6) is -1.50. The van der Waals surface area contributed by atoms with Crippen molar-refractivity contribution in [2.75, 3.05) is 5.75 Å². The molecule has 1 rings (SSSR count). The van der Waals surface area contributed by atoms with E-state index in [9.17, 15) is 18.0 Å². The van der Waals surface area contributed by atoms with Crippen LogP contribution in [0.5, 0.6) is 0 Å². The maximum Gasteiger partial charge on any atom is 0.306 e. The van der Waals surface area contributed by atoms with E-state index in [0.717, 1.165) is 0 Å². The van der Waals surface area contributed by atoms with Crippen LogP contribution in [-0.4, -0.2) is 43.2 Å². The molecular formula is C13H24N2O5S. The van der Waals surface area contributed by atoms with Crippen LogP contribution in [-0.2, 0) is 19.6 Å². The van der Waals surface area contributed by atoms with Crippen LogP contribution in [0.2, 0.25) is 0 Å². The second-order valence-corrected chi connectivity index (χ2v) is 7.43. The number of sulfonamides is 1. The van der Waals surface area contributed by atoms with Crippen LogP contribution in [0.3, 0.4) is 0 Å². The zero-order valence-electron chi connectivity index (χ0n) is 12.5. The number of carbonyl (C=O) groups is 2. The van der Waals surface area contributed by atoms with Crippen LogP contribution in [0.1, 0.15) is 46.0 Å². The van der Waals surface area contributed by atoms with E-state index < -0.39 is 22.0 Å². The molecule has 1 aliphatic carbocycles. The number of amides is 1. The van der Waals surface area contributed by atoms with E-state index in [-0.39, 0.29) is 23.6 Å². The van der Waals surface area contributed by atoms with Crippen LogP contribution >= 0.6 is 0 Å². The van der Waals surface area contributed by atoms with Crippen molar-refractivity contribution < 1.29 is 23.1 Å². The first kappa shape index (κ1) is 17.9. The molecule has 1 saturated carbocycles. The van der Waals surface area contributed by atoms with E-state index in [1.165, 1.54) is 6.92 Å². The SMILES string of the molecule is CCCS(=O)(=O)NC(C)C(=O)NC1CCC(C(=O)O)CC1. The van der Waals surface area contributed by atoms with Gasteiger partial charge in [-0.3, -0.25) is 9.59 Å². The van der Waals surface area contributed by atoms with E-state index in [0.29, 0.717) is 32.1 Å². The molecule has 1 atom stereocenters. The zero-order valence-corrected chi connectivity index (χ0v) is 13.3. The fourth-order valence-electron chi connectivity index (χ4n) is 2.46. The number of hydrogen-bond donors (Lipinski definition) is 3. The highest BCUT2D eigenvalue weighted by Crippen LogP contribution is 2.24. The predicted molar refractivity (Wildman–Crippen MR) is 78.2 cm³/mol. The van der Waals surface area contributed by atoms with Gasteiger partial charge < -0.3 is 10.4 Å². The minimum absolute atomic E-state index is 0.00561. The summed E-state index contributed by atoms with van der Waals surface area (Å²) in [5, 5.41) is 11.7. The largest absolute Gasteiger partial charge is 0.481 e. The second kappa shape index (κ2) is 7.74. The third-order valence-corrected chi connectivity index (χ3v) is 5.30. The zero-order chi connectivity index (χ0) is 16.0. The normalized spacial score (nSPS) is 24.3. The highest BCUT2D eigenvalue weighted by atomic mass is 32.2. The van der Waals surface area contributed by atoms with E-state index >= 15 is 0 Å². The molecule has 0 heterocycles. The molecule has 1 unspecified atom stereocenters. The molecule has 1 fully saturated rings. The highest BCUT2D eigenvalue weighted by molar-refractivity contribution is 7.89. The van der Waals surface area contributed by atoms with Crippen LogP contribution < -0.4 is 10.0 Å². The molecule has 0 bridgehead atoms. The summed E-state index contributed by atoms with van der Waals surface area (Å²) in [4.78, 5) is 22.8. The fourth-order valence-corrected chi connectivity index (χ4v) is 3.76. The quantitative estimate of drug-likeness (QED) is 0.631. The Morgan fingerprint density at radius 3 is 2.29 bits per heavy atom. The van der Waals surface area contributed by atoms with Gasteiger partial charge in [-0.1, -0.05) is 6.92 Å². The van der Waals surface area contributed by atoms with E-state index in [1.54, 1.807) is 6.92 Å². The first-order valence-electron chi connectivity index (χ1n) is 7.28. The lowest BCUT2D eigenvalue weighted by Gasteiger charge is -2.28. The lowest BCUT2D eigenvalue weighted by Crippen LogP contribution is -2.49. The van der Waals surface area contributed by atoms with E-state index in [2.05, 4.69) is 10.0 Å². The Labute approximate surface area is 125 Å². The Balaban J connectivity index is 2.42. The molecular weight excluding hydrogens is 296 g/mol. The van der Waals surface area contributed by atoms with Crippen molar-refractivity contribution in [1.29, 1.82) is 0 Å². The first-order chi connectivity index (χ1) is 9.75. The second-order valence-electron chi connectivity index (χ2n) is 5.55. The first-order valence-corrected chi connectivity index (χ1v) is 8.93. The summed E-state index contributed by atoms with van der Waals surface area (Å²) < 4.78 is 25.5. The molecule has 0 aromatic heterocycles. The molecule has 0 aromatic rings. The molecule has 7 nitrogen and oxygen atoms in total. The van der Waals surface area contributed by atoms with Gasteiger partial charge in [-0.05, 0) is 39.0 Å². The summed E-state index contributed by atoms with van der Waals surface area (Å²) in [6.07, 6.45) is 2.78. The maximum atomic E-state index is 12.0. The summed E-state index contributed by atoms with van der Waals surface area (Å²) in [7, 11) is -3.43. The summed E-state index contributed by atoms with van der Waals surface area (Å²) in [5.41, 5.74) is 0. The smallest absolute Gasteiger partial charge is 0.306 e. The van der Waals surface area contributed by atoms with E-state index in [1.807, 2.05) is 0 Å². The molecule has 1 aliphatic rings. The monoisotopic (exact) mass is 320 g/mol. The average Bonchev–Trinajstić information content (AvgIpc) is 2.38. The van der Waals surface area contributed by atoms with Crippen molar-refractivity contribution in [3.8, 4) is 0 Å². The molecule has 8 heteroatoms. The molecule has 0 saturated heterocycles. The third kappa shape index (κ3) is 6.01. The van der Waals surface area contributed by atoms with Gasteiger partial charge in [0.05, 0.1) is 17.7 Å². The van der Waals surface area contributed by atoms with Crippen molar-refractivity contribution >= 4 is 21.9 Å².